The number of nitrogens with one attached hydrogen (secondary N) is 2. The fourth-order valence-corrected chi connectivity index (χ4v) is 3.94. The van der Waals surface area contributed by atoms with Gasteiger partial charge in [-0.25, -0.2) is 9.97 Å². The number of halogens is 6. The number of pyridine rings is 1. The molecule has 2 aromatic heterocycles. The molecule has 0 atom stereocenters. The van der Waals surface area contributed by atoms with Gasteiger partial charge in [-0.15, -0.1) is 11.3 Å². The Morgan fingerprint density at radius 1 is 1.16 bits per heavy atom. The lowest BCUT2D eigenvalue weighted by Gasteiger charge is -2.44. The van der Waals surface area contributed by atoms with Crippen LogP contribution in [-0.2, 0) is 6.18 Å². The molecule has 0 aliphatic heterocycles. The fraction of sp³-hybridized carbons (Fsp3) is 0.526. The van der Waals surface area contributed by atoms with E-state index in [1.54, 1.807) is 0 Å². The SMILES string of the molecule is CC(C)(O)CNC(=O)c1ncc(-c2cnc(NC3(C(F)(F)F)CCC3)cc2C(F)(F)F)s1. The summed E-state index contributed by atoms with van der Waals surface area (Å²) in [6, 6.07) is 0.537. The van der Waals surface area contributed by atoms with Crippen molar-refractivity contribution in [3.63, 3.8) is 0 Å². The highest BCUT2D eigenvalue weighted by atomic mass is 32.1. The smallest absolute Gasteiger partial charge is 0.389 e. The number of aromatic nitrogens is 2. The molecule has 0 unspecified atom stereocenters. The van der Waals surface area contributed by atoms with Crippen LogP contribution in [-0.4, -0.2) is 44.8 Å². The molecule has 32 heavy (non-hydrogen) atoms. The Bertz CT molecular complexity index is 993. The standard InChI is InChI=1S/C19H20F6N4O2S/c1-16(2,31)9-28-14(30)15-27-8-12(32-15)10-7-26-13(6-11(10)18(20,21)22)29-17(4-3-5-17)19(23,24)25/h6-8,31H,3-5,9H2,1-2H3,(H,26,29)(H,28,30). The quantitative estimate of drug-likeness (QED) is 0.523. The number of thiazole rings is 1. The average Bonchev–Trinajstić information content (AvgIpc) is 3.10. The Balaban J connectivity index is 1.90. The van der Waals surface area contributed by atoms with Crippen LogP contribution >= 0.6 is 11.3 Å². The minimum atomic E-state index is -4.88. The molecular weight excluding hydrogens is 462 g/mol. The maximum Gasteiger partial charge on any atom is 0.417 e. The molecule has 0 spiro atoms. The second kappa shape index (κ2) is 8.18. The molecule has 3 rings (SSSR count). The maximum atomic E-state index is 13.7. The van der Waals surface area contributed by atoms with E-state index in [2.05, 4.69) is 20.6 Å². The van der Waals surface area contributed by atoms with Crippen molar-refractivity contribution in [3.8, 4) is 10.4 Å². The Morgan fingerprint density at radius 2 is 1.81 bits per heavy atom. The van der Waals surface area contributed by atoms with E-state index < -0.39 is 46.3 Å². The number of hydrogen-bond donors (Lipinski definition) is 3. The molecule has 1 aliphatic rings. The third kappa shape index (κ3) is 5.14. The summed E-state index contributed by atoms with van der Waals surface area (Å²) in [7, 11) is 0. The van der Waals surface area contributed by atoms with Gasteiger partial charge in [-0.3, -0.25) is 4.79 Å². The first kappa shape index (κ1) is 24.2. The zero-order valence-corrected chi connectivity index (χ0v) is 17.8. The molecule has 1 saturated carbocycles. The molecule has 0 aromatic carbocycles. The third-order valence-electron chi connectivity index (χ3n) is 4.97. The van der Waals surface area contributed by atoms with Crippen LogP contribution in [0.1, 0.15) is 48.5 Å². The molecule has 13 heteroatoms. The molecule has 1 fully saturated rings. The first-order valence-electron chi connectivity index (χ1n) is 9.50. The molecule has 0 bridgehead atoms. The lowest BCUT2D eigenvalue weighted by molar-refractivity contribution is -0.198. The van der Waals surface area contributed by atoms with E-state index in [4.69, 9.17) is 0 Å². The summed E-state index contributed by atoms with van der Waals surface area (Å²) in [5, 5.41) is 14.1. The highest BCUT2D eigenvalue weighted by Crippen LogP contribution is 2.48. The van der Waals surface area contributed by atoms with E-state index in [-0.39, 0.29) is 29.3 Å². The summed E-state index contributed by atoms with van der Waals surface area (Å²) in [6.07, 6.45) is -7.83. The van der Waals surface area contributed by atoms with Crippen LogP contribution in [0.25, 0.3) is 10.4 Å². The van der Waals surface area contributed by atoms with Crippen molar-refractivity contribution >= 4 is 23.1 Å². The lowest BCUT2D eigenvalue weighted by atomic mass is 9.76. The summed E-state index contributed by atoms with van der Waals surface area (Å²) < 4.78 is 81.2. The van der Waals surface area contributed by atoms with Gasteiger partial charge in [0, 0.05) is 24.5 Å². The Morgan fingerprint density at radius 3 is 2.31 bits per heavy atom. The van der Waals surface area contributed by atoms with Crippen molar-refractivity contribution in [2.45, 2.75) is 56.6 Å². The van der Waals surface area contributed by atoms with Crippen LogP contribution in [0.4, 0.5) is 32.2 Å². The molecule has 176 valence electrons. The number of carbonyl (C=O) groups is 1. The first-order valence-corrected chi connectivity index (χ1v) is 10.3. The molecular formula is C19H20F6N4O2S. The number of aliphatic hydroxyl groups is 1. The molecule has 0 radical (unpaired) electrons. The molecule has 2 aromatic rings. The van der Waals surface area contributed by atoms with E-state index in [9.17, 15) is 36.2 Å². The van der Waals surface area contributed by atoms with Gasteiger partial charge in [0.05, 0.1) is 16.0 Å². The zero-order valence-electron chi connectivity index (χ0n) is 17.0. The summed E-state index contributed by atoms with van der Waals surface area (Å²) >= 11 is 0.669. The third-order valence-corrected chi connectivity index (χ3v) is 6.00. The Hall–Kier alpha value is -2.41. The van der Waals surface area contributed by atoms with E-state index in [0.717, 1.165) is 12.4 Å². The van der Waals surface area contributed by atoms with Gasteiger partial charge in [-0.2, -0.15) is 26.3 Å². The minimum absolute atomic E-state index is 0.0287. The average molecular weight is 482 g/mol. The second-order valence-corrected chi connectivity index (χ2v) is 9.23. The summed E-state index contributed by atoms with van der Waals surface area (Å²) in [4.78, 5) is 19.7. The Kier molecular flexibility index (Phi) is 6.19. The number of nitrogens with zero attached hydrogens (tertiary/aromatic N) is 2. The van der Waals surface area contributed by atoms with Crippen LogP contribution in [0, 0.1) is 0 Å². The van der Waals surface area contributed by atoms with Gasteiger partial charge in [-0.1, -0.05) is 0 Å². The number of anilines is 1. The van der Waals surface area contributed by atoms with Crippen LogP contribution in [0.5, 0.6) is 0 Å². The van der Waals surface area contributed by atoms with Crippen molar-refractivity contribution in [3.05, 3.63) is 29.0 Å². The van der Waals surface area contributed by atoms with Gasteiger partial charge in [-0.05, 0) is 39.2 Å². The minimum Gasteiger partial charge on any atom is -0.389 e. The summed E-state index contributed by atoms with van der Waals surface area (Å²) in [5.41, 5.74) is -5.09. The molecule has 1 amide bonds. The van der Waals surface area contributed by atoms with E-state index >= 15 is 0 Å². The highest BCUT2D eigenvalue weighted by molar-refractivity contribution is 7.17. The van der Waals surface area contributed by atoms with Crippen LogP contribution in [0.3, 0.4) is 0 Å². The number of amides is 1. The van der Waals surface area contributed by atoms with Gasteiger partial charge in [0.1, 0.15) is 11.4 Å². The summed E-state index contributed by atoms with van der Waals surface area (Å²) in [5.74, 6) is -1.22. The first-order chi connectivity index (χ1) is 14.6. The van der Waals surface area contributed by atoms with Crippen LogP contribution in [0.15, 0.2) is 18.5 Å². The van der Waals surface area contributed by atoms with Crippen molar-refractivity contribution in [1.29, 1.82) is 0 Å². The summed E-state index contributed by atoms with van der Waals surface area (Å²) in [6.45, 7) is 2.82. The molecule has 2 heterocycles. The van der Waals surface area contributed by atoms with Gasteiger partial charge >= 0.3 is 12.4 Å². The van der Waals surface area contributed by atoms with Crippen molar-refractivity contribution < 1.29 is 36.2 Å². The number of hydrogen-bond acceptors (Lipinski definition) is 6. The van der Waals surface area contributed by atoms with Gasteiger partial charge in [0.15, 0.2) is 5.01 Å². The van der Waals surface area contributed by atoms with Crippen LogP contribution < -0.4 is 10.6 Å². The molecule has 6 nitrogen and oxygen atoms in total. The Labute approximate surface area is 183 Å². The van der Waals surface area contributed by atoms with E-state index in [1.807, 2.05) is 0 Å². The topological polar surface area (TPSA) is 87.1 Å². The van der Waals surface area contributed by atoms with Crippen molar-refractivity contribution in [2.75, 3.05) is 11.9 Å². The normalized spacial score (nSPS) is 16.4. The maximum absolute atomic E-state index is 13.7. The predicted molar refractivity (Wildman–Crippen MR) is 105 cm³/mol. The number of rotatable bonds is 6. The fourth-order valence-electron chi connectivity index (χ4n) is 3.09. The molecule has 1 aliphatic carbocycles. The zero-order chi connectivity index (χ0) is 23.9. The van der Waals surface area contributed by atoms with Crippen LogP contribution in [0.2, 0.25) is 0 Å². The van der Waals surface area contributed by atoms with Gasteiger partial charge in [0.2, 0.25) is 0 Å². The monoisotopic (exact) mass is 482 g/mol. The highest BCUT2D eigenvalue weighted by Gasteiger charge is 2.58. The van der Waals surface area contributed by atoms with Crippen molar-refractivity contribution in [2.24, 2.45) is 0 Å². The molecule has 0 saturated heterocycles. The number of alkyl halides is 6. The largest absolute Gasteiger partial charge is 0.417 e. The second-order valence-electron chi connectivity index (χ2n) is 8.20. The van der Waals surface area contributed by atoms with Crippen molar-refractivity contribution in [1.82, 2.24) is 15.3 Å². The number of carbonyl (C=O) groups excluding carboxylic acids is 1. The predicted octanol–water partition coefficient (Wildman–Crippen LogP) is 4.62. The van der Waals surface area contributed by atoms with Gasteiger partial charge < -0.3 is 15.7 Å². The van der Waals surface area contributed by atoms with E-state index in [1.165, 1.54) is 13.8 Å². The van der Waals surface area contributed by atoms with Gasteiger partial charge in [0.25, 0.3) is 5.91 Å². The lowest BCUT2D eigenvalue weighted by Crippen LogP contribution is -2.57. The van der Waals surface area contributed by atoms with E-state index in [0.29, 0.717) is 23.8 Å². The molecule has 3 N–H and O–H groups in total.